The highest BCUT2D eigenvalue weighted by molar-refractivity contribution is 6.33. The lowest BCUT2D eigenvalue weighted by molar-refractivity contribution is -0.385. The molecule has 0 saturated carbocycles. The number of nitro benzene ring substituents is 1. The summed E-state index contributed by atoms with van der Waals surface area (Å²) in [5.41, 5.74) is -0.693. The van der Waals surface area contributed by atoms with Crippen molar-refractivity contribution in [1.82, 2.24) is 0 Å². The average molecular weight is 500 g/mol. The van der Waals surface area contributed by atoms with Crippen LogP contribution in [-0.2, 0) is 22.4 Å². The van der Waals surface area contributed by atoms with E-state index in [2.05, 4.69) is 0 Å². The highest BCUT2D eigenvalue weighted by Crippen LogP contribution is 2.44. The molecule has 12 nitrogen and oxygen atoms in total. The van der Waals surface area contributed by atoms with Crippen LogP contribution in [0.15, 0.2) is 12.1 Å². The van der Waals surface area contributed by atoms with Gasteiger partial charge in [0.1, 0.15) is 17.1 Å². The first kappa shape index (κ1) is 26.3. The van der Waals surface area contributed by atoms with E-state index in [0.29, 0.717) is 0 Å². The molecule has 0 unspecified atom stereocenters. The Bertz CT molecular complexity index is 1120. The van der Waals surface area contributed by atoms with E-state index >= 15 is 0 Å². The Labute approximate surface area is 198 Å². The number of carbonyl (C=O) groups is 2. The molecule has 3 N–H and O–H groups in total. The van der Waals surface area contributed by atoms with Crippen LogP contribution in [0.1, 0.15) is 27.9 Å². The summed E-state index contributed by atoms with van der Waals surface area (Å²) in [6.45, 7) is -0.341. The molecule has 184 valence electrons. The predicted octanol–water partition coefficient (Wildman–Crippen LogP) is 3.10. The Balaban J connectivity index is 2.37. The first-order valence-corrected chi connectivity index (χ1v) is 10.0. The van der Waals surface area contributed by atoms with E-state index in [9.17, 15) is 29.9 Å². The number of aliphatic carboxylic acids is 1. The molecule has 13 heteroatoms. The summed E-state index contributed by atoms with van der Waals surface area (Å²) >= 11 is 6.01. The van der Waals surface area contributed by atoms with Crippen molar-refractivity contribution in [3.05, 3.63) is 44.0 Å². The number of rotatable bonds is 11. The molecule has 0 saturated heterocycles. The Morgan fingerprint density at radius 2 is 1.65 bits per heavy atom. The van der Waals surface area contributed by atoms with E-state index in [1.807, 2.05) is 0 Å². The number of benzene rings is 2. The molecule has 0 amide bonds. The molecular formula is C21H22ClNO11. The SMILES string of the molecule is COc1cc([N+](=O)[O-])c(OC)c(CCOC(=O)c2c(O)cc(O)c(Cl)c2CCC(=O)O)c1OC. The third-order valence-electron chi connectivity index (χ3n) is 4.80. The smallest absolute Gasteiger partial charge is 0.342 e. The zero-order chi connectivity index (χ0) is 25.6. The monoisotopic (exact) mass is 499 g/mol. The Morgan fingerprint density at radius 1 is 1.00 bits per heavy atom. The number of halogens is 1. The zero-order valence-corrected chi connectivity index (χ0v) is 19.2. The third kappa shape index (κ3) is 5.52. The van der Waals surface area contributed by atoms with E-state index in [1.54, 1.807) is 0 Å². The fourth-order valence-corrected chi connectivity index (χ4v) is 3.57. The second-order valence-electron chi connectivity index (χ2n) is 6.76. The molecule has 0 aliphatic rings. The van der Waals surface area contributed by atoms with Crippen LogP contribution in [0.3, 0.4) is 0 Å². The molecule has 0 heterocycles. The lowest BCUT2D eigenvalue weighted by atomic mass is 10.0. The predicted molar refractivity (Wildman–Crippen MR) is 117 cm³/mol. The van der Waals surface area contributed by atoms with Crippen molar-refractivity contribution in [2.45, 2.75) is 19.3 Å². The highest BCUT2D eigenvalue weighted by Gasteiger charge is 2.28. The Morgan fingerprint density at radius 3 is 2.18 bits per heavy atom. The molecular weight excluding hydrogens is 478 g/mol. The summed E-state index contributed by atoms with van der Waals surface area (Å²) in [5, 5.41) is 40.1. The summed E-state index contributed by atoms with van der Waals surface area (Å²) < 4.78 is 20.9. The van der Waals surface area contributed by atoms with Crippen molar-refractivity contribution in [2.75, 3.05) is 27.9 Å². The van der Waals surface area contributed by atoms with Crippen LogP contribution in [0.5, 0.6) is 28.7 Å². The first-order chi connectivity index (χ1) is 16.1. The van der Waals surface area contributed by atoms with E-state index < -0.39 is 40.3 Å². The standard InChI is InChI=1S/C21H22ClNO11/c1-31-15-8-12(23(29)30)19(32-2)11(20(15)33-3)6-7-34-21(28)17-10(4-5-16(26)27)18(22)14(25)9-13(17)24/h8-9,24-25H,4-7H2,1-3H3,(H,26,27). The van der Waals surface area contributed by atoms with Gasteiger partial charge in [-0.2, -0.15) is 0 Å². The Hall–Kier alpha value is -3.93. The van der Waals surface area contributed by atoms with Gasteiger partial charge in [-0.3, -0.25) is 14.9 Å². The van der Waals surface area contributed by atoms with Crippen molar-refractivity contribution >= 4 is 29.2 Å². The molecule has 34 heavy (non-hydrogen) atoms. The number of ether oxygens (including phenoxy) is 4. The number of methoxy groups -OCH3 is 3. The summed E-state index contributed by atoms with van der Waals surface area (Å²) in [7, 11) is 3.85. The summed E-state index contributed by atoms with van der Waals surface area (Å²) in [6, 6.07) is 1.97. The van der Waals surface area contributed by atoms with Gasteiger partial charge < -0.3 is 34.3 Å². The fraction of sp³-hybridized carbons (Fsp3) is 0.333. The van der Waals surface area contributed by atoms with Gasteiger partial charge in [0.05, 0.1) is 49.5 Å². The van der Waals surface area contributed by atoms with Crippen LogP contribution < -0.4 is 14.2 Å². The number of nitro groups is 1. The lowest BCUT2D eigenvalue weighted by Crippen LogP contribution is -2.13. The van der Waals surface area contributed by atoms with Crippen LogP contribution in [-0.4, -0.2) is 60.1 Å². The van der Waals surface area contributed by atoms with E-state index in [0.717, 1.165) is 12.1 Å². The van der Waals surface area contributed by atoms with Crippen molar-refractivity contribution in [1.29, 1.82) is 0 Å². The molecule has 2 aromatic rings. The quantitative estimate of drug-likeness (QED) is 0.235. The fourth-order valence-electron chi connectivity index (χ4n) is 3.32. The van der Waals surface area contributed by atoms with E-state index in [4.69, 9.17) is 35.7 Å². The minimum absolute atomic E-state index is 0.0650. The third-order valence-corrected chi connectivity index (χ3v) is 5.22. The summed E-state index contributed by atoms with van der Waals surface area (Å²) in [6.07, 6.45) is -0.789. The Kier molecular flexibility index (Phi) is 8.73. The van der Waals surface area contributed by atoms with Crippen LogP contribution in [0.25, 0.3) is 0 Å². The topological polar surface area (TPSA) is 175 Å². The minimum Gasteiger partial charge on any atom is -0.507 e. The summed E-state index contributed by atoms with van der Waals surface area (Å²) in [5.74, 6) is -3.33. The number of carbonyl (C=O) groups excluding carboxylic acids is 1. The lowest BCUT2D eigenvalue weighted by Gasteiger charge is -2.17. The molecule has 0 spiro atoms. The van der Waals surface area contributed by atoms with Gasteiger partial charge in [0.15, 0.2) is 11.5 Å². The van der Waals surface area contributed by atoms with E-state index in [-0.39, 0.29) is 58.5 Å². The van der Waals surface area contributed by atoms with Crippen molar-refractivity contribution in [3.8, 4) is 28.7 Å². The molecule has 2 rings (SSSR count). The summed E-state index contributed by atoms with van der Waals surface area (Å²) in [4.78, 5) is 34.5. The maximum absolute atomic E-state index is 12.7. The number of hydrogen-bond acceptors (Lipinski definition) is 10. The second-order valence-corrected chi connectivity index (χ2v) is 7.14. The number of hydrogen-bond donors (Lipinski definition) is 3. The van der Waals surface area contributed by atoms with Gasteiger partial charge in [0.2, 0.25) is 5.75 Å². The second kappa shape index (κ2) is 11.3. The van der Waals surface area contributed by atoms with Crippen molar-refractivity contribution in [2.24, 2.45) is 0 Å². The van der Waals surface area contributed by atoms with Gasteiger partial charge in [-0.05, 0) is 12.0 Å². The van der Waals surface area contributed by atoms with Gasteiger partial charge >= 0.3 is 17.6 Å². The molecule has 0 aliphatic heterocycles. The molecule has 0 fully saturated rings. The number of nitrogens with zero attached hydrogens (tertiary/aromatic N) is 1. The van der Waals surface area contributed by atoms with Gasteiger partial charge in [0, 0.05) is 18.9 Å². The normalized spacial score (nSPS) is 10.5. The zero-order valence-electron chi connectivity index (χ0n) is 18.4. The average Bonchev–Trinajstić information content (AvgIpc) is 2.78. The molecule has 0 atom stereocenters. The molecule has 2 aromatic carbocycles. The van der Waals surface area contributed by atoms with Gasteiger partial charge in [-0.1, -0.05) is 11.6 Å². The number of phenolic OH excluding ortho intramolecular Hbond substituents is 2. The number of carboxylic acids is 1. The van der Waals surface area contributed by atoms with Gasteiger partial charge in [-0.25, -0.2) is 4.79 Å². The maximum atomic E-state index is 12.7. The first-order valence-electron chi connectivity index (χ1n) is 9.65. The van der Waals surface area contributed by atoms with E-state index in [1.165, 1.54) is 21.3 Å². The van der Waals surface area contributed by atoms with Crippen LogP contribution in [0, 0.1) is 10.1 Å². The number of aromatic hydroxyl groups is 2. The largest absolute Gasteiger partial charge is 0.507 e. The van der Waals surface area contributed by atoms with Crippen LogP contribution in [0.4, 0.5) is 5.69 Å². The molecule has 0 aliphatic carbocycles. The minimum atomic E-state index is -1.18. The number of carboxylic acid groups (broad SMARTS) is 1. The van der Waals surface area contributed by atoms with Crippen molar-refractivity contribution < 1.29 is 48.8 Å². The van der Waals surface area contributed by atoms with Gasteiger partial charge in [-0.15, -0.1) is 0 Å². The number of esters is 1. The molecule has 0 bridgehead atoms. The molecule has 0 radical (unpaired) electrons. The molecule has 0 aromatic heterocycles. The van der Waals surface area contributed by atoms with Gasteiger partial charge in [0.25, 0.3) is 0 Å². The van der Waals surface area contributed by atoms with Crippen LogP contribution >= 0.6 is 11.6 Å². The highest BCUT2D eigenvalue weighted by atomic mass is 35.5. The van der Waals surface area contributed by atoms with Crippen LogP contribution in [0.2, 0.25) is 5.02 Å². The number of phenols is 2. The van der Waals surface area contributed by atoms with Crippen molar-refractivity contribution in [3.63, 3.8) is 0 Å². The maximum Gasteiger partial charge on any atom is 0.342 e.